The topological polar surface area (TPSA) is 64.6 Å². The molecule has 0 radical (unpaired) electrons. The number of likely N-dealkylation sites (tertiary alicyclic amines) is 1. The Morgan fingerprint density at radius 1 is 1.27 bits per heavy atom. The first-order valence-corrected chi connectivity index (χ1v) is 10.7. The monoisotopic (exact) mass is 410 g/mol. The quantitative estimate of drug-likeness (QED) is 0.722. The van der Waals surface area contributed by atoms with Gasteiger partial charge in [0, 0.05) is 38.9 Å². The van der Waals surface area contributed by atoms with Crippen molar-refractivity contribution in [2.75, 3.05) is 50.6 Å². The van der Waals surface area contributed by atoms with Crippen molar-refractivity contribution in [1.29, 1.82) is 0 Å². The molecule has 1 unspecified atom stereocenters. The minimum Gasteiger partial charge on any atom is -0.363 e. The normalized spacial score (nSPS) is 16.6. The van der Waals surface area contributed by atoms with Crippen LogP contribution in [0.2, 0.25) is 0 Å². The van der Waals surface area contributed by atoms with E-state index in [-0.39, 0.29) is 11.9 Å². The van der Waals surface area contributed by atoms with Gasteiger partial charge in [-0.2, -0.15) is 0 Å². The number of carbonyl (C=O) groups excluding carboxylic acids is 1. The number of anilines is 2. The van der Waals surface area contributed by atoms with Gasteiger partial charge in [0.1, 0.15) is 11.6 Å². The van der Waals surface area contributed by atoms with E-state index in [0.29, 0.717) is 19.6 Å². The molecular weight excluding hydrogens is 376 g/mol. The van der Waals surface area contributed by atoms with Crippen molar-refractivity contribution in [3.8, 4) is 0 Å². The molecule has 162 valence electrons. The molecule has 0 saturated carbocycles. The van der Waals surface area contributed by atoms with Gasteiger partial charge in [-0.05, 0) is 58.0 Å². The number of carbonyl (C=O) groups is 1. The van der Waals surface area contributed by atoms with Crippen molar-refractivity contribution >= 4 is 17.4 Å². The summed E-state index contributed by atoms with van der Waals surface area (Å²) in [5, 5.41) is 3.17. The van der Waals surface area contributed by atoms with Crippen LogP contribution in [-0.2, 0) is 11.3 Å². The number of rotatable bonds is 8. The summed E-state index contributed by atoms with van der Waals surface area (Å²) in [6.45, 7) is 6.69. The van der Waals surface area contributed by atoms with Crippen molar-refractivity contribution in [3.05, 3.63) is 47.4 Å². The first-order valence-electron chi connectivity index (χ1n) is 10.7. The van der Waals surface area contributed by atoms with Gasteiger partial charge in [-0.3, -0.25) is 9.69 Å². The van der Waals surface area contributed by atoms with E-state index in [4.69, 9.17) is 9.97 Å². The van der Waals surface area contributed by atoms with E-state index >= 15 is 0 Å². The Bertz CT molecular complexity index is 869. The van der Waals surface area contributed by atoms with E-state index < -0.39 is 0 Å². The second-order valence-electron chi connectivity index (χ2n) is 8.11. The molecule has 1 aromatic heterocycles. The predicted molar refractivity (Wildman–Crippen MR) is 122 cm³/mol. The van der Waals surface area contributed by atoms with Crippen LogP contribution in [0.5, 0.6) is 0 Å². The maximum Gasteiger partial charge on any atom is 0.241 e. The third-order valence-corrected chi connectivity index (χ3v) is 5.53. The summed E-state index contributed by atoms with van der Waals surface area (Å²) in [5.74, 6) is 1.84. The summed E-state index contributed by atoms with van der Waals surface area (Å²) in [6, 6.07) is 10.2. The molecule has 1 saturated heterocycles. The zero-order valence-corrected chi connectivity index (χ0v) is 18.9. The van der Waals surface area contributed by atoms with Crippen LogP contribution < -0.4 is 15.1 Å². The van der Waals surface area contributed by atoms with Gasteiger partial charge in [0.2, 0.25) is 5.91 Å². The fraction of sp³-hybridized carbons (Fsp3) is 0.522. The average molecular weight is 411 g/mol. The van der Waals surface area contributed by atoms with Crippen LogP contribution in [0, 0.1) is 6.92 Å². The maximum atomic E-state index is 13.2. The van der Waals surface area contributed by atoms with E-state index in [2.05, 4.69) is 29.3 Å². The highest BCUT2D eigenvalue weighted by molar-refractivity contribution is 5.94. The van der Waals surface area contributed by atoms with E-state index in [0.717, 1.165) is 48.0 Å². The zero-order chi connectivity index (χ0) is 21.7. The molecule has 7 nitrogen and oxygen atoms in total. The Morgan fingerprint density at radius 3 is 2.73 bits per heavy atom. The molecule has 0 bridgehead atoms. The van der Waals surface area contributed by atoms with E-state index in [9.17, 15) is 4.79 Å². The lowest BCUT2D eigenvalue weighted by Gasteiger charge is -2.28. The lowest BCUT2D eigenvalue weighted by atomic mass is 10.2. The number of likely N-dealkylation sites (N-methyl/N-ethyl adjacent to an activating group) is 1. The molecule has 1 atom stereocenters. The minimum absolute atomic E-state index is 0.0701. The van der Waals surface area contributed by atoms with E-state index in [1.807, 2.05) is 56.1 Å². The number of amides is 1. The molecule has 30 heavy (non-hydrogen) atoms. The molecule has 1 fully saturated rings. The first kappa shape index (κ1) is 22.2. The van der Waals surface area contributed by atoms with Crippen LogP contribution in [0.15, 0.2) is 30.3 Å². The molecular formula is C23H34N6O. The van der Waals surface area contributed by atoms with Gasteiger partial charge in [-0.25, -0.2) is 9.97 Å². The summed E-state index contributed by atoms with van der Waals surface area (Å²) in [5.41, 5.74) is 3.09. The van der Waals surface area contributed by atoms with Gasteiger partial charge in [-0.1, -0.05) is 12.1 Å². The molecule has 1 N–H and O–H groups in total. The summed E-state index contributed by atoms with van der Waals surface area (Å²) in [7, 11) is 5.90. The summed E-state index contributed by atoms with van der Waals surface area (Å²) < 4.78 is 0. The molecule has 1 aromatic carbocycles. The molecule has 1 aliphatic heterocycles. The number of nitrogens with one attached hydrogen (secondary N) is 1. The van der Waals surface area contributed by atoms with Crippen LogP contribution in [0.25, 0.3) is 0 Å². The lowest BCUT2D eigenvalue weighted by Crippen LogP contribution is -2.40. The van der Waals surface area contributed by atoms with Crippen LogP contribution in [0.1, 0.15) is 42.9 Å². The standard InChI is InChI=1S/C23H34N6O/c1-6-29(19-10-7-9-17(2)13-19)22(30)16-28-12-8-11-20(28)23-25-18(15-24-3)14-21(26-23)27(4)5/h7,9-10,13-14,20,24H,6,8,11-12,15-16H2,1-5H3. The fourth-order valence-corrected chi connectivity index (χ4v) is 4.02. The number of nitrogens with zero attached hydrogens (tertiary/aromatic N) is 5. The Labute approximate surface area is 180 Å². The smallest absolute Gasteiger partial charge is 0.241 e. The van der Waals surface area contributed by atoms with Crippen LogP contribution in [0.4, 0.5) is 11.5 Å². The number of aryl methyl sites for hydroxylation is 1. The second kappa shape index (κ2) is 10.00. The maximum absolute atomic E-state index is 13.2. The van der Waals surface area contributed by atoms with Gasteiger partial charge in [0.25, 0.3) is 0 Å². The van der Waals surface area contributed by atoms with Gasteiger partial charge in [-0.15, -0.1) is 0 Å². The summed E-state index contributed by atoms with van der Waals surface area (Å²) in [4.78, 5) is 28.9. The van der Waals surface area contributed by atoms with Gasteiger partial charge >= 0.3 is 0 Å². The molecule has 7 heteroatoms. The van der Waals surface area contributed by atoms with E-state index in [1.54, 1.807) is 0 Å². The first-order chi connectivity index (χ1) is 14.4. The summed E-state index contributed by atoms with van der Waals surface area (Å²) >= 11 is 0. The molecule has 0 spiro atoms. The van der Waals surface area contributed by atoms with Crippen molar-refractivity contribution in [1.82, 2.24) is 20.2 Å². The van der Waals surface area contributed by atoms with Crippen LogP contribution in [-0.4, -0.2) is 61.6 Å². The Kier molecular flexibility index (Phi) is 7.39. The van der Waals surface area contributed by atoms with Crippen molar-refractivity contribution in [2.24, 2.45) is 0 Å². The highest BCUT2D eigenvalue weighted by Gasteiger charge is 2.31. The SMILES string of the molecule is CCN(C(=O)CN1CCCC1c1nc(CNC)cc(N(C)C)n1)c1cccc(C)c1. The van der Waals surface area contributed by atoms with Crippen LogP contribution in [0.3, 0.4) is 0 Å². The largest absolute Gasteiger partial charge is 0.363 e. The summed E-state index contributed by atoms with van der Waals surface area (Å²) in [6.07, 6.45) is 2.02. The van der Waals surface area contributed by atoms with Gasteiger partial charge in [0.05, 0.1) is 18.3 Å². The fourth-order valence-electron chi connectivity index (χ4n) is 4.02. The number of benzene rings is 1. The Morgan fingerprint density at radius 2 is 2.07 bits per heavy atom. The van der Waals surface area contributed by atoms with Crippen molar-refractivity contribution in [3.63, 3.8) is 0 Å². The lowest BCUT2D eigenvalue weighted by molar-refractivity contribution is -0.120. The number of aromatic nitrogens is 2. The van der Waals surface area contributed by atoms with Crippen molar-refractivity contribution in [2.45, 2.75) is 39.3 Å². The average Bonchev–Trinajstić information content (AvgIpc) is 3.16. The third-order valence-electron chi connectivity index (χ3n) is 5.53. The zero-order valence-electron chi connectivity index (χ0n) is 18.9. The minimum atomic E-state index is 0.0701. The molecule has 3 rings (SSSR count). The molecule has 1 aliphatic rings. The van der Waals surface area contributed by atoms with Gasteiger partial charge < -0.3 is 15.1 Å². The Hall–Kier alpha value is -2.51. The molecule has 2 aromatic rings. The molecule has 0 aliphatic carbocycles. The highest BCUT2D eigenvalue weighted by atomic mass is 16.2. The van der Waals surface area contributed by atoms with Gasteiger partial charge in [0.15, 0.2) is 0 Å². The number of hydrogen-bond donors (Lipinski definition) is 1. The predicted octanol–water partition coefficient (Wildman–Crippen LogP) is 2.76. The second-order valence-corrected chi connectivity index (χ2v) is 8.11. The molecule has 2 heterocycles. The highest BCUT2D eigenvalue weighted by Crippen LogP contribution is 2.31. The third kappa shape index (κ3) is 5.15. The Balaban J connectivity index is 1.81. The molecule has 1 amide bonds. The van der Waals surface area contributed by atoms with Crippen molar-refractivity contribution < 1.29 is 4.79 Å². The van der Waals surface area contributed by atoms with E-state index in [1.165, 1.54) is 0 Å². The van der Waals surface area contributed by atoms with Crippen LogP contribution >= 0.6 is 0 Å². The number of hydrogen-bond acceptors (Lipinski definition) is 6.